The van der Waals surface area contributed by atoms with Crippen LogP contribution < -0.4 is 10.7 Å². The van der Waals surface area contributed by atoms with Gasteiger partial charge in [-0.05, 0) is 18.9 Å². The largest absolute Gasteiger partial charge is 0.503 e. The van der Waals surface area contributed by atoms with Gasteiger partial charge >= 0.3 is 0 Å². The number of aromatic hydroxyl groups is 1. The zero-order valence-electron chi connectivity index (χ0n) is 16.0. The molecule has 0 radical (unpaired) electrons. The highest BCUT2D eigenvalue weighted by molar-refractivity contribution is 6.30. The summed E-state index contributed by atoms with van der Waals surface area (Å²) in [6, 6.07) is 4.34. The minimum atomic E-state index is -0.996. The van der Waals surface area contributed by atoms with Crippen LogP contribution in [0.5, 0.6) is 5.75 Å². The third-order valence-electron chi connectivity index (χ3n) is 5.72. The number of fused-ring (bicyclic) bond motifs is 2. The van der Waals surface area contributed by atoms with E-state index < -0.39 is 40.5 Å². The van der Waals surface area contributed by atoms with Crippen molar-refractivity contribution in [3.05, 3.63) is 62.3 Å². The zero-order chi connectivity index (χ0) is 21.8. The lowest BCUT2D eigenvalue weighted by Crippen LogP contribution is -2.61. The molecule has 2 amide bonds. The third-order valence-corrected chi connectivity index (χ3v) is 6.01. The number of amides is 2. The van der Waals surface area contributed by atoms with E-state index in [4.69, 9.17) is 11.6 Å². The lowest BCUT2D eigenvalue weighted by molar-refractivity contribution is -0.0453. The number of aromatic nitrogens is 1. The predicted molar refractivity (Wildman–Crippen MR) is 105 cm³/mol. The Morgan fingerprint density at radius 3 is 2.73 bits per heavy atom. The number of aliphatic hydroxyl groups is 1. The summed E-state index contributed by atoms with van der Waals surface area (Å²) in [5.74, 6) is -2.88. The number of aliphatic hydroxyl groups excluding tert-OH is 1. The first-order chi connectivity index (χ1) is 14.1. The molecule has 1 aliphatic carbocycles. The molecular weight excluding hydrogens is 417 g/mol. The Hall–Kier alpha value is -2.91. The minimum absolute atomic E-state index is 0.0960. The summed E-state index contributed by atoms with van der Waals surface area (Å²) in [5, 5.41) is 22.6. The normalized spacial score (nSPS) is 22.6. The van der Waals surface area contributed by atoms with E-state index in [2.05, 4.69) is 5.32 Å². The average Bonchev–Trinajstić information content (AvgIpc) is 2.67. The van der Waals surface area contributed by atoms with Crippen molar-refractivity contribution in [1.82, 2.24) is 14.8 Å². The predicted octanol–water partition coefficient (Wildman–Crippen LogP) is 1.21. The number of nitrogens with one attached hydrogen (secondary N) is 1. The highest BCUT2D eigenvalue weighted by Gasteiger charge is 2.51. The van der Waals surface area contributed by atoms with Gasteiger partial charge in [0, 0.05) is 31.9 Å². The van der Waals surface area contributed by atoms with Gasteiger partial charge in [-0.15, -0.1) is 0 Å². The highest BCUT2D eigenvalue weighted by atomic mass is 35.5. The van der Waals surface area contributed by atoms with Gasteiger partial charge in [0.05, 0.1) is 16.7 Å². The van der Waals surface area contributed by atoms with Crippen molar-refractivity contribution in [2.45, 2.75) is 31.0 Å². The Kier molecular flexibility index (Phi) is 4.82. The van der Waals surface area contributed by atoms with Gasteiger partial charge in [0.2, 0.25) is 5.43 Å². The average molecular weight is 436 g/mol. The Morgan fingerprint density at radius 2 is 2.07 bits per heavy atom. The fraction of sp³-hybridized carbons (Fsp3) is 0.350. The number of carbonyl (C=O) groups excluding carboxylic acids is 2. The first kappa shape index (κ1) is 20.4. The van der Waals surface area contributed by atoms with E-state index in [1.807, 2.05) is 0 Å². The first-order valence-corrected chi connectivity index (χ1v) is 9.66. The number of pyridine rings is 1. The van der Waals surface area contributed by atoms with E-state index in [1.54, 1.807) is 7.05 Å². The van der Waals surface area contributed by atoms with Gasteiger partial charge in [-0.3, -0.25) is 14.4 Å². The molecule has 10 heteroatoms. The van der Waals surface area contributed by atoms with E-state index in [-0.39, 0.29) is 34.9 Å². The van der Waals surface area contributed by atoms with Crippen LogP contribution in [0.4, 0.5) is 4.39 Å². The van der Waals surface area contributed by atoms with Crippen LogP contribution in [0.15, 0.2) is 29.2 Å². The Morgan fingerprint density at radius 1 is 1.37 bits per heavy atom. The van der Waals surface area contributed by atoms with Crippen molar-refractivity contribution < 1.29 is 24.2 Å². The van der Waals surface area contributed by atoms with Crippen molar-refractivity contribution in [3.8, 4) is 5.75 Å². The molecule has 0 unspecified atom stereocenters. The molecule has 3 N–H and O–H groups in total. The number of carbonyl (C=O) groups is 2. The molecule has 8 nitrogen and oxygen atoms in total. The van der Waals surface area contributed by atoms with Gasteiger partial charge in [0.25, 0.3) is 11.8 Å². The van der Waals surface area contributed by atoms with Crippen molar-refractivity contribution in [2.75, 3.05) is 13.6 Å². The first-order valence-electron chi connectivity index (χ1n) is 9.28. The molecule has 2 heterocycles. The summed E-state index contributed by atoms with van der Waals surface area (Å²) < 4.78 is 15.5. The molecule has 1 spiro atoms. The van der Waals surface area contributed by atoms with E-state index >= 15 is 0 Å². The van der Waals surface area contributed by atoms with E-state index in [0.29, 0.717) is 12.8 Å². The van der Waals surface area contributed by atoms with Crippen LogP contribution in [0.1, 0.15) is 39.3 Å². The SMILES string of the molecule is CN1CC2(CC(O)C2)n2cc(C(=O)NCc3cccc(Cl)c3F)c(=O)c(O)c2C1=O. The molecular formula is C20H19ClFN3O5. The Balaban J connectivity index is 1.71. The van der Waals surface area contributed by atoms with Crippen LogP contribution in [0.2, 0.25) is 5.02 Å². The number of hydrogen-bond acceptors (Lipinski definition) is 5. The number of rotatable bonds is 3. The van der Waals surface area contributed by atoms with E-state index in [0.717, 1.165) is 0 Å². The molecule has 0 atom stereocenters. The molecule has 0 bridgehead atoms. The van der Waals surface area contributed by atoms with E-state index in [9.17, 15) is 29.0 Å². The number of halogens is 2. The second-order valence-electron chi connectivity index (χ2n) is 7.78. The lowest BCUT2D eigenvalue weighted by atomic mass is 9.72. The summed E-state index contributed by atoms with van der Waals surface area (Å²) in [6.45, 7) is 0.0473. The topological polar surface area (TPSA) is 112 Å². The quantitative estimate of drug-likeness (QED) is 0.671. The summed E-state index contributed by atoms with van der Waals surface area (Å²) >= 11 is 5.73. The Labute approximate surface area is 175 Å². The standard InChI is InChI=1S/C20H19ClFN3O5/c1-24-9-20(5-11(26)6-20)25-8-12(16(27)17(28)15(25)19(24)30)18(29)23-7-10-3-2-4-13(21)14(10)22/h2-4,8,11,26,28H,5-7,9H2,1H3,(H,23,29). The highest BCUT2D eigenvalue weighted by Crippen LogP contribution is 2.44. The van der Waals surface area contributed by atoms with Gasteiger partial charge in [-0.1, -0.05) is 23.7 Å². The summed E-state index contributed by atoms with van der Waals surface area (Å²) in [7, 11) is 1.54. The fourth-order valence-corrected chi connectivity index (χ4v) is 4.40. The lowest BCUT2D eigenvalue weighted by Gasteiger charge is -2.52. The monoisotopic (exact) mass is 435 g/mol. The van der Waals surface area contributed by atoms with Crippen LogP contribution >= 0.6 is 11.6 Å². The van der Waals surface area contributed by atoms with Crippen molar-refractivity contribution in [2.24, 2.45) is 0 Å². The molecule has 1 fully saturated rings. The van der Waals surface area contributed by atoms with Crippen molar-refractivity contribution in [1.29, 1.82) is 0 Å². The molecule has 2 aliphatic rings. The maximum Gasteiger partial charge on any atom is 0.274 e. The van der Waals surface area contributed by atoms with Gasteiger partial charge in [-0.25, -0.2) is 4.39 Å². The summed E-state index contributed by atoms with van der Waals surface area (Å²) in [6.07, 6.45) is 1.28. The molecule has 4 rings (SSSR count). The van der Waals surface area contributed by atoms with Crippen LogP contribution in [-0.2, 0) is 12.1 Å². The zero-order valence-corrected chi connectivity index (χ0v) is 16.7. The van der Waals surface area contributed by atoms with Crippen LogP contribution in [0.3, 0.4) is 0 Å². The number of likely N-dealkylation sites (N-methyl/N-ethyl adjacent to an activating group) is 1. The smallest absolute Gasteiger partial charge is 0.274 e. The van der Waals surface area contributed by atoms with E-state index in [1.165, 1.54) is 33.9 Å². The molecule has 1 aliphatic heterocycles. The minimum Gasteiger partial charge on any atom is -0.503 e. The molecule has 2 aromatic rings. The van der Waals surface area contributed by atoms with Gasteiger partial charge in [-0.2, -0.15) is 0 Å². The molecule has 0 saturated heterocycles. The van der Waals surface area contributed by atoms with Crippen LogP contribution in [0.25, 0.3) is 0 Å². The molecule has 158 valence electrons. The number of nitrogens with zero attached hydrogens (tertiary/aromatic N) is 2. The third kappa shape index (κ3) is 3.05. The van der Waals surface area contributed by atoms with Crippen molar-refractivity contribution >= 4 is 23.4 Å². The molecule has 30 heavy (non-hydrogen) atoms. The molecule has 1 saturated carbocycles. The second-order valence-corrected chi connectivity index (χ2v) is 8.19. The van der Waals surface area contributed by atoms with Crippen LogP contribution in [0, 0.1) is 5.82 Å². The Bertz CT molecular complexity index is 1130. The number of hydrogen-bond donors (Lipinski definition) is 3. The van der Waals surface area contributed by atoms with Gasteiger partial charge in [0.1, 0.15) is 11.4 Å². The van der Waals surface area contributed by atoms with Gasteiger partial charge in [0.15, 0.2) is 11.4 Å². The van der Waals surface area contributed by atoms with Crippen molar-refractivity contribution in [3.63, 3.8) is 0 Å². The fourth-order valence-electron chi connectivity index (χ4n) is 4.21. The maximum absolute atomic E-state index is 14.0. The summed E-state index contributed by atoms with van der Waals surface area (Å²) in [5.41, 5.74) is -2.16. The summed E-state index contributed by atoms with van der Waals surface area (Å²) in [4.78, 5) is 39.2. The second kappa shape index (κ2) is 7.10. The number of benzene rings is 1. The maximum atomic E-state index is 14.0. The molecule has 1 aromatic carbocycles. The molecule has 1 aromatic heterocycles. The van der Waals surface area contributed by atoms with Crippen LogP contribution in [-0.4, -0.2) is 51.2 Å². The van der Waals surface area contributed by atoms with Gasteiger partial charge < -0.3 is 25.0 Å².